The fourth-order valence-corrected chi connectivity index (χ4v) is 3.03. The zero-order chi connectivity index (χ0) is 16.4. The van der Waals surface area contributed by atoms with Crippen LogP contribution in [0.15, 0.2) is 47.3 Å². The largest absolute Gasteiger partial charge is 0.454 e. The average molecular weight is 327 g/mol. The van der Waals surface area contributed by atoms with Gasteiger partial charge in [0.15, 0.2) is 6.61 Å². The summed E-state index contributed by atoms with van der Waals surface area (Å²) in [6.07, 6.45) is 0. The number of carbonyl (C=O) groups excluding carboxylic acids is 2. The van der Waals surface area contributed by atoms with Crippen molar-refractivity contribution in [3.8, 4) is 0 Å². The number of thiophene rings is 1. The summed E-state index contributed by atoms with van der Waals surface area (Å²) >= 11 is 1.35. The van der Waals surface area contributed by atoms with Crippen molar-refractivity contribution in [2.24, 2.45) is 0 Å². The van der Waals surface area contributed by atoms with Crippen molar-refractivity contribution in [1.29, 1.82) is 0 Å². The second-order valence-electron chi connectivity index (χ2n) is 5.00. The van der Waals surface area contributed by atoms with Crippen LogP contribution in [0.2, 0.25) is 0 Å². The van der Waals surface area contributed by atoms with E-state index in [0.717, 1.165) is 4.88 Å². The van der Waals surface area contributed by atoms with Crippen molar-refractivity contribution in [2.75, 3.05) is 6.61 Å². The highest BCUT2D eigenvalue weighted by Crippen LogP contribution is 2.17. The molecule has 3 rings (SSSR count). The van der Waals surface area contributed by atoms with Crippen LogP contribution < -0.4 is 5.56 Å². The summed E-state index contributed by atoms with van der Waals surface area (Å²) in [5, 5.41) is 0.580. The van der Waals surface area contributed by atoms with Crippen LogP contribution in [-0.4, -0.2) is 23.3 Å². The van der Waals surface area contributed by atoms with Gasteiger partial charge in [0.1, 0.15) is 0 Å². The molecule has 0 unspecified atom stereocenters. The minimum atomic E-state index is -0.686. The lowest BCUT2D eigenvalue weighted by molar-refractivity contribution is 0.0477. The van der Waals surface area contributed by atoms with E-state index in [0.29, 0.717) is 15.8 Å². The van der Waals surface area contributed by atoms with Crippen molar-refractivity contribution in [3.05, 3.63) is 68.1 Å². The summed E-state index contributed by atoms with van der Waals surface area (Å²) in [6.45, 7) is 1.55. The number of hydrogen-bond donors (Lipinski definition) is 1. The Morgan fingerprint density at radius 3 is 2.70 bits per heavy atom. The number of nitrogens with one attached hydrogen (secondary N) is 1. The van der Waals surface area contributed by atoms with E-state index in [1.165, 1.54) is 17.4 Å². The maximum atomic E-state index is 12.2. The van der Waals surface area contributed by atoms with E-state index >= 15 is 0 Å². The van der Waals surface area contributed by atoms with Gasteiger partial charge in [-0.15, -0.1) is 11.3 Å². The maximum absolute atomic E-state index is 12.2. The molecule has 0 saturated heterocycles. The number of aryl methyl sites for hydroxylation is 1. The highest BCUT2D eigenvalue weighted by molar-refractivity contribution is 7.14. The SMILES string of the molecule is Cc1ccc(C(=O)COC(=O)c2cc(=O)[nH]c3ccccc23)s1. The smallest absolute Gasteiger partial charge is 0.339 e. The lowest BCUT2D eigenvalue weighted by atomic mass is 10.1. The van der Waals surface area contributed by atoms with E-state index in [1.54, 1.807) is 30.3 Å². The minimum Gasteiger partial charge on any atom is -0.454 e. The second-order valence-corrected chi connectivity index (χ2v) is 6.29. The molecule has 0 aliphatic carbocycles. The first-order chi connectivity index (χ1) is 11.0. The molecule has 2 aromatic heterocycles. The highest BCUT2D eigenvalue weighted by Gasteiger charge is 2.16. The Balaban J connectivity index is 1.81. The molecule has 0 bridgehead atoms. The van der Waals surface area contributed by atoms with Gasteiger partial charge in [-0.25, -0.2) is 4.79 Å². The molecule has 0 radical (unpaired) electrons. The van der Waals surface area contributed by atoms with Crippen molar-refractivity contribution in [1.82, 2.24) is 4.98 Å². The number of pyridine rings is 1. The topological polar surface area (TPSA) is 76.2 Å². The molecule has 0 aliphatic rings. The van der Waals surface area contributed by atoms with E-state index < -0.39 is 11.5 Å². The summed E-state index contributed by atoms with van der Waals surface area (Å²) in [5.41, 5.74) is 0.308. The number of benzene rings is 1. The maximum Gasteiger partial charge on any atom is 0.339 e. The Morgan fingerprint density at radius 1 is 1.17 bits per heavy atom. The van der Waals surface area contributed by atoms with Crippen LogP contribution >= 0.6 is 11.3 Å². The van der Waals surface area contributed by atoms with Crippen molar-refractivity contribution in [3.63, 3.8) is 0 Å². The van der Waals surface area contributed by atoms with E-state index in [-0.39, 0.29) is 18.0 Å². The molecule has 0 saturated carbocycles. The number of rotatable bonds is 4. The Morgan fingerprint density at radius 2 is 1.96 bits per heavy atom. The van der Waals surface area contributed by atoms with Gasteiger partial charge >= 0.3 is 5.97 Å². The third kappa shape index (κ3) is 3.22. The molecule has 0 aliphatic heterocycles. The highest BCUT2D eigenvalue weighted by atomic mass is 32.1. The molecular formula is C17H13NO4S. The van der Waals surface area contributed by atoms with Gasteiger partial charge in [0, 0.05) is 21.8 Å². The van der Waals surface area contributed by atoms with E-state index in [4.69, 9.17) is 4.74 Å². The fourth-order valence-electron chi connectivity index (χ4n) is 2.24. The number of para-hydroxylation sites is 1. The van der Waals surface area contributed by atoms with Crippen LogP contribution in [0.25, 0.3) is 10.9 Å². The molecule has 1 aromatic carbocycles. The quantitative estimate of drug-likeness (QED) is 0.590. The molecule has 23 heavy (non-hydrogen) atoms. The summed E-state index contributed by atoms with van der Waals surface area (Å²) in [5.74, 6) is -0.945. The first-order valence-electron chi connectivity index (χ1n) is 6.93. The van der Waals surface area contributed by atoms with Crippen LogP contribution in [0.1, 0.15) is 24.9 Å². The van der Waals surface area contributed by atoms with Gasteiger partial charge in [0.2, 0.25) is 11.3 Å². The monoisotopic (exact) mass is 327 g/mol. The molecule has 3 aromatic rings. The molecule has 2 heterocycles. The summed E-state index contributed by atoms with van der Waals surface area (Å²) in [7, 11) is 0. The summed E-state index contributed by atoms with van der Waals surface area (Å²) in [6, 6.07) is 11.7. The lowest BCUT2D eigenvalue weighted by Crippen LogP contribution is -2.16. The summed E-state index contributed by atoms with van der Waals surface area (Å²) < 4.78 is 5.08. The van der Waals surface area contributed by atoms with E-state index in [9.17, 15) is 14.4 Å². The third-order valence-corrected chi connectivity index (χ3v) is 4.36. The molecule has 6 heteroatoms. The number of ketones is 1. The van der Waals surface area contributed by atoms with Gasteiger partial charge in [-0.3, -0.25) is 9.59 Å². The average Bonchev–Trinajstić information content (AvgIpc) is 2.98. The zero-order valence-electron chi connectivity index (χ0n) is 12.3. The number of hydrogen-bond acceptors (Lipinski definition) is 5. The number of fused-ring (bicyclic) bond motifs is 1. The lowest BCUT2D eigenvalue weighted by Gasteiger charge is -2.06. The Bertz CT molecular complexity index is 954. The molecule has 0 spiro atoms. The van der Waals surface area contributed by atoms with E-state index in [2.05, 4.69) is 4.98 Å². The van der Waals surface area contributed by atoms with Crippen LogP contribution in [0.5, 0.6) is 0 Å². The van der Waals surface area contributed by atoms with Crippen LogP contribution in [-0.2, 0) is 4.74 Å². The van der Waals surface area contributed by atoms with Crippen molar-refractivity contribution >= 4 is 34.0 Å². The van der Waals surface area contributed by atoms with Gasteiger partial charge in [-0.1, -0.05) is 18.2 Å². The summed E-state index contributed by atoms with van der Waals surface area (Å²) in [4.78, 5) is 40.1. The van der Waals surface area contributed by atoms with E-state index in [1.807, 2.05) is 13.0 Å². The number of carbonyl (C=O) groups is 2. The second kappa shape index (κ2) is 6.18. The molecule has 116 valence electrons. The standard InChI is InChI=1S/C17H13NO4S/c1-10-6-7-15(23-10)14(19)9-22-17(21)12-8-16(20)18-13-5-3-2-4-11(12)13/h2-8H,9H2,1H3,(H,18,20). The molecule has 5 nitrogen and oxygen atoms in total. The van der Waals surface area contributed by atoms with Gasteiger partial charge < -0.3 is 9.72 Å². The molecule has 0 amide bonds. The normalized spacial score (nSPS) is 10.7. The van der Waals surface area contributed by atoms with Crippen LogP contribution in [0, 0.1) is 6.92 Å². The molecule has 0 fully saturated rings. The third-order valence-electron chi connectivity index (χ3n) is 3.32. The minimum absolute atomic E-state index is 0.152. The molecule has 1 N–H and O–H groups in total. The van der Waals surface area contributed by atoms with Crippen LogP contribution in [0.4, 0.5) is 0 Å². The number of ether oxygens (including phenoxy) is 1. The Kier molecular flexibility index (Phi) is 4.08. The molecular weight excluding hydrogens is 314 g/mol. The predicted molar refractivity (Wildman–Crippen MR) is 88.2 cm³/mol. The van der Waals surface area contributed by atoms with Gasteiger partial charge in [-0.05, 0) is 25.1 Å². The first-order valence-corrected chi connectivity index (χ1v) is 7.75. The zero-order valence-corrected chi connectivity index (χ0v) is 13.1. The predicted octanol–water partition coefficient (Wildman–Crippen LogP) is 2.94. The van der Waals surface area contributed by atoms with Gasteiger partial charge in [0.05, 0.1) is 10.4 Å². The fraction of sp³-hybridized carbons (Fsp3) is 0.118. The number of Topliss-reactive ketones (excluding diaryl/α,β-unsaturated/α-hetero) is 1. The molecule has 0 atom stereocenters. The van der Waals surface area contributed by atoms with Crippen LogP contribution in [0.3, 0.4) is 0 Å². The number of H-pyrrole nitrogens is 1. The Hall–Kier alpha value is -2.73. The number of aromatic amines is 1. The van der Waals surface area contributed by atoms with Crippen molar-refractivity contribution < 1.29 is 14.3 Å². The van der Waals surface area contributed by atoms with Gasteiger partial charge in [0.25, 0.3) is 0 Å². The van der Waals surface area contributed by atoms with Gasteiger partial charge in [-0.2, -0.15) is 0 Å². The number of aromatic nitrogens is 1. The Labute approximate surface area is 135 Å². The number of esters is 1. The van der Waals surface area contributed by atoms with Crippen molar-refractivity contribution in [2.45, 2.75) is 6.92 Å². The first kappa shape index (κ1) is 15.2.